The summed E-state index contributed by atoms with van der Waals surface area (Å²) < 4.78 is 5.42. The molecule has 3 nitrogen and oxygen atoms in total. The molecule has 0 saturated heterocycles. The monoisotopic (exact) mass is 265 g/mol. The molecule has 1 rings (SSSR count). The molecule has 0 amide bonds. The van der Waals surface area contributed by atoms with Crippen LogP contribution in [0, 0.1) is 5.41 Å². The maximum Gasteiger partial charge on any atom is 0.119 e. The van der Waals surface area contributed by atoms with Gasteiger partial charge in [0.1, 0.15) is 5.75 Å². The highest BCUT2D eigenvalue weighted by Gasteiger charge is 2.22. The van der Waals surface area contributed by atoms with Crippen molar-refractivity contribution in [3.05, 3.63) is 29.8 Å². The van der Waals surface area contributed by atoms with Crippen molar-refractivity contribution in [2.24, 2.45) is 5.41 Å². The molecule has 19 heavy (non-hydrogen) atoms. The van der Waals surface area contributed by atoms with Gasteiger partial charge in [0.15, 0.2) is 0 Å². The fraction of sp³-hybridized carbons (Fsp3) is 0.625. The van der Waals surface area contributed by atoms with Gasteiger partial charge in [0.05, 0.1) is 12.7 Å². The van der Waals surface area contributed by atoms with Crippen LogP contribution in [0.3, 0.4) is 0 Å². The molecule has 0 spiro atoms. The number of hydrogen-bond donors (Lipinski definition) is 2. The van der Waals surface area contributed by atoms with Crippen LogP contribution in [0.25, 0.3) is 0 Å². The van der Waals surface area contributed by atoms with Crippen molar-refractivity contribution in [3.8, 4) is 5.75 Å². The van der Waals surface area contributed by atoms with Crippen molar-refractivity contribution in [1.82, 2.24) is 5.32 Å². The number of aliphatic hydroxyl groups is 1. The highest BCUT2D eigenvalue weighted by molar-refractivity contribution is 5.28. The molecular formula is C16H27NO2. The normalized spacial score (nSPS) is 15.1. The summed E-state index contributed by atoms with van der Waals surface area (Å²) in [4.78, 5) is 0. The number of aliphatic hydroxyl groups excluding tert-OH is 1. The van der Waals surface area contributed by atoms with Crippen molar-refractivity contribution in [2.45, 2.75) is 46.8 Å². The topological polar surface area (TPSA) is 41.5 Å². The van der Waals surface area contributed by atoms with Gasteiger partial charge >= 0.3 is 0 Å². The van der Waals surface area contributed by atoms with Gasteiger partial charge in [-0.3, -0.25) is 0 Å². The molecule has 0 bridgehead atoms. The van der Waals surface area contributed by atoms with Crippen molar-refractivity contribution < 1.29 is 9.84 Å². The highest BCUT2D eigenvalue weighted by atomic mass is 16.5. The molecule has 1 aromatic rings. The third-order valence-corrected chi connectivity index (χ3v) is 3.31. The Morgan fingerprint density at radius 2 is 1.79 bits per heavy atom. The number of rotatable bonds is 6. The summed E-state index contributed by atoms with van der Waals surface area (Å²) in [5.74, 6) is 0.896. The summed E-state index contributed by atoms with van der Waals surface area (Å²) in [6, 6.07) is 8.31. The summed E-state index contributed by atoms with van der Waals surface area (Å²) in [6.45, 7) is 11.5. The third-order valence-electron chi connectivity index (χ3n) is 3.31. The lowest BCUT2D eigenvalue weighted by Crippen LogP contribution is -2.37. The van der Waals surface area contributed by atoms with Crippen LogP contribution in [0.2, 0.25) is 0 Å². The molecule has 1 aromatic carbocycles. The second kappa shape index (κ2) is 6.92. The van der Waals surface area contributed by atoms with Gasteiger partial charge in [0.25, 0.3) is 0 Å². The minimum atomic E-state index is -0.349. The lowest BCUT2D eigenvalue weighted by Gasteiger charge is -2.27. The Hall–Kier alpha value is -1.06. The van der Waals surface area contributed by atoms with Crippen LogP contribution in [0.1, 0.15) is 46.2 Å². The zero-order chi connectivity index (χ0) is 14.5. The Labute approximate surface area is 117 Å². The van der Waals surface area contributed by atoms with Gasteiger partial charge in [-0.2, -0.15) is 0 Å². The van der Waals surface area contributed by atoms with E-state index < -0.39 is 0 Å². The minimum absolute atomic E-state index is 0.0917. The summed E-state index contributed by atoms with van der Waals surface area (Å²) >= 11 is 0. The predicted molar refractivity (Wildman–Crippen MR) is 79.5 cm³/mol. The first-order chi connectivity index (χ1) is 8.84. The second-order valence-electron chi connectivity index (χ2n) is 6.01. The van der Waals surface area contributed by atoms with E-state index in [1.54, 1.807) is 0 Å². The average molecular weight is 265 g/mol. The Morgan fingerprint density at radius 3 is 2.26 bits per heavy atom. The number of benzene rings is 1. The van der Waals surface area contributed by atoms with Crippen molar-refractivity contribution in [3.63, 3.8) is 0 Å². The number of nitrogens with one attached hydrogen (secondary N) is 1. The Kier molecular flexibility index (Phi) is 5.83. The van der Waals surface area contributed by atoms with E-state index in [-0.39, 0.29) is 17.6 Å². The van der Waals surface area contributed by atoms with Crippen LogP contribution in [-0.4, -0.2) is 24.4 Å². The molecule has 0 aliphatic rings. The van der Waals surface area contributed by atoms with Crippen LogP contribution >= 0.6 is 0 Å². The first-order valence-electron chi connectivity index (χ1n) is 6.98. The molecule has 2 unspecified atom stereocenters. The van der Waals surface area contributed by atoms with E-state index in [1.807, 2.05) is 39.8 Å². The van der Waals surface area contributed by atoms with Crippen LogP contribution in [-0.2, 0) is 0 Å². The van der Waals surface area contributed by atoms with Gasteiger partial charge in [-0.25, -0.2) is 0 Å². The zero-order valence-electron chi connectivity index (χ0n) is 12.7. The smallest absolute Gasteiger partial charge is 0.119 e. The maximum absolute atomic E-state index is 10.0. The fourth-order valence-corrected chi connectivity index (χ4v) is 1.73. The first-order valence-corrected chi connectivity index (χ1v) is 6.98. The molecular weight excluding hydrogens is 238 g/mol. The summed E-state index contributed by atoms with van der Waals surface area (Å²) in [5.41, 5.74) is 1.11. The molecule has 3 heteroatoms. The van der Waals surface area contributed by atoms with Crippen LogP contribution < -0.4 is 10.1 Å². The minimum Gasteiger partial charge on any atom is -0.494 e. The molecule has 0 fully saturated rings. The van der Waals surface area contributed by atoms with E-state index in [2.05, 4.69) is 24.4 Å². The number of hydrogen-bond acceptors (Lipinski definition) is 3. The average Bonchev–Trinajstić information content (AvgIpc) is 2.35. The molecule has 2 N–H and O–H groups in total. The summed E-state index contributed by atoms with van der Waals surface area (Å²) in [5, 5.41) is 13.4. The van der Waals surface area contributed by atoms with Crippen molar-refractivity contribution >= 4 is 0 Å². The van der Waals surface area contributed by atoms with E-state index in [0.29, 0.717) is 13.2 Å². The lowest BCUT2D eigenvalue weighted by molar-refractivity contribution is 0.0609. The fourth-order valence-electron chi connectivity index (χ4n) is 1.73. The van der Waals surface area contributed by atoms with Crippen molar-refractivity contribution in [1.29, 1.82) is 0 Å². The van der Waals surface area contributed by atoms with Crippen LogP contribution in [0.5, 0.6) is 5.75 Å². The summed E-state index contributed by atoms with van der Waals surface area (Å²) in [6.07, 6.45) is -0.349. The molecule has 0 aliphatic carbocycles. The third kappa shape index (κ3) is 5.21. The van der Waals surface area contributed by atoms with Crippen LogP contribution in [0.4, 0.5) is 0 Å². The van der Waals surface area contributed by atoms with Crippen LogP contribution in [0.15, 0.2) is 24.3 Å². The van der Waals surface area contributed by atoms with Gasteiger partial charge in [0, 0.05) is 12.6 Å². The maximum atomic E-state index is 10.0. The van der Waals surface area contributed by atoms with Gasteiger partial charge in [-0.05, 0) is 37.0 Å². The van der Waals surface area contributed by atoms with E-state index in [9.17, 15) is 5.11 Å². The second-order valence-corrected chi connectivity index (χ2v) is 6.01. The molecule has 108 valence electrons. The molecule has 0 aliphatic heterocycles. The Balaban J connectivity index is 2.51. The molecule has 0 radical (unpaired) electrons. The largest absolute Gasteiger partial charge is 0.494 e. The predicted octanol–water partition coefficient (Wildman–Crippen LogP) is 3.14. The van der Waals surface area contributed by atoms with E-state index >= 15 is 0 Å². The van der Waals surface area contributed by atoms with E-state index in [4.69, 9.17) is 4.74 Å². The van der Waals surface area contributed by atoms with E-state index in [1.165, 1.54) is 5.56 Å². The first kappa shape index (κ1) is 16.0. The molecule has 0 saturated carbocycles. The van der Waals surface area contributed by atoms with Gasteiger partial charge in [0.2, 0.25) is 0 Å². The Morgan fingerprint density at radius 1 is 1.21 bits per heavy atom. The Bertz CT molecular complexity index is 367. The zero-order valence-corrected chi connectivity index (χ0v) is 12.7. The highest BCUT2D eigenvalue weighted by Crippen LogP contribution is 2.21. The van der Waals surface area contributed by atoms with Gasteiger partial charge in [-0.1, -0.05) is 32.9 Å². The quantitative estimate of drug-likeness (QED) is 0.830. The summed E-state index contributed by atoms with van der Waals surface area (Å²) in [7, 11) is 0. The van der Waals surface area contributed by atoms with Crippen molar-refractivity contribution in [2.75, 3.05) is 13.2 Å². The standard InChI is InChI=1S/C16H27NO2/c1-6-19-14-9-7-13(8-10-14)12(2)17-11-15(18)16(3,4)5/h7-10,12,15,17-18H,6,11H2,1-5H3. The number of ether oxygens (including phenoxy) is 1. The molecule has 0 heterocycles. The van der Waals surface area contributed by atoms with Gasteiger partial charge in [-0.15, -0.1) is 0 Å². The molecule has 0 aromatic heterocycles. The van der Waals surface area contributed by atoms with Gasteiger partial charge < -0.3 is 15.2 Å². The van der Waals surface area contributed by atoms with E-state index in [0.717, 1.165) is 5.75 Å². The molecule has 2 atom stereocenters. The SMILES string of the molecule is CCOc1ccc(C(C)NCC(O)C(C)(C)C)cc1. The lowest BCUT2D eigenvalue weighted by atomic mass is 9.89.